The van der Waals surface area contributed by atoms with Gasteiger partial charge in [-0.15, -0.1) is 0 Å². The molecule has 188 valence electrons. The zero-order valence-electron chi connectivity index (χ0n) is 18.8. The van der Waals surface area contributed by atoms with Gasteiger partial charge in [-0.2, -0.15) is 17.5 Å². The smallest absolute Gasteiger partial charge is 0.324 e. The molecule has 0 aliphatic carbocycles. The Balaban J connectivity index is 1.53. The van der Waals surface area contributed by atoms with Gasteiger partial charge in [0.1, 0.15) is 6.04 Å². The first-order valence-electron chi connectivity index (χ1n) is 11.0. The number of nitrogens with one attached hydrogen (secondary N) is 2. The van der Waals surface area contributed by atoms with E-state index < -0.39 is 39.6 Å². The van der Waals surface area contributed by atoms with Crippen LogP contribution in [0.15, 0.2) is 83.8 Å². The second-order valence-electron chi connectivity index (χ2n) is 8.15. The molecule has 1 saturated heterocycles. The van der Waals surface area contributed by atoms with Gasteiger partial charge in [-0.05, 0) is 55.3 Å². The summed E-state index contributed by atoms with van der Waals surface area (Å²) in [4.78, 5) is 26.0. The maximum atomic E-state index is 13.1. The SMILES string of the molecule is O=C(Nc1cccc(C(F)(F)F)c1)c1ccccc1NC(=O)[C@@H]1CCCN1S(=O)(=O)c1ccccc1. The number of sulfonamides is 1. The Labute approximate surface area is 206 Å². The van der Waals surface area contributed by atoms with E-state index in [1.807, 2.05) is 0 Å². The van der Waals surface area contributed by atoms with Crippen LogP contribution in [0.1, 0.15) is 28.8 Å². The summed E-state index contributed by atoms with van der Waals surface area (Å²) >= 11 is 0. The van der Waals surface area contributed by atoms with Crippen LogP contribution >= 0.6 is 0 Å². The lowest BCUT2D eigenvalue weighted by Gasteiger charge is -2.24. The third kappa shape index (κ3) is 5.42. The van der Waals surface area contributed by atoms with Crippen molar-refractivity contribution in [1.29, 1.82) is 0 Å². The van der Waals surface area contributed by atoms with E-state index in [4.69, 9.17) is 0 Å². The molecule has 7 nitrogen and oxygen atoms in total. The van der Waals surface area contributed by atoms with Crippen molar-refractivity contribution in [2.24, 2.45) is 0 Å². The minimum absolute atomic E-state index is 0.0127. The van der Waals surface area contributed by atoms with E-state index in [0.717, 1.165) is 16.4 Å². The van der Waals surface area contributed by atoms with Crippen molar-refractivity contribution >= 4 is 33.2 Å². The first-order chi connectivity index (χ1) is 17.1. The monoisotopic (exact) mass is 517 g/mol. The van der Waals surface area contributed by atoms with Gasteiger partial charge in [0.15, 0.2) is 0 Å². The van der Waals surface area contributed by atoms with Gasteiger partial charge in [0.2, 0.25) is 15.9 Å². The summed E-state index contributed by atoms with van der Waals surface area (Å²) in [6, 6.07) is 17.0. The molecule has 1 aliphatic heterocycles. The second-order valence-corrected chi connectivity index (χ2v) is 10.0. The minimum atomic E-state index is -4.57. The van der Waals surface area contributed by atoms with E-state index in [9.17, 15) is 31.2 Å². The lowest BCUT2D eigenvalue weighted by Crippen LogP contribution is -2.43. The topological polar surface area (TPSA) is 95.6 Å². The maximum absolute atomic E-state index is 13.1. The summed E-state index contributed by atoms with van der Waals surface area (Å²) in [5.41, 5.74) is -0.857. The molecule has 0 radical (unpaired) electrons. The van der Waals surface area contributed by atoms with E-state index in [1.165, 1.54) is 36.4 Å². The number of amides is 2. The molecular formula is C25H22F3N3O4S. The molecule has 1 atom stereocenters. The standard InChI is InChI=1S/C25H22F3N3O4S/c26-25(27,28)17-8-6-9-18(16-17)29-23(32)20-12-4-5-13-21(20)30-24(33)22-14-7-15-31(22)36(34,35)19-10-2-1-3-11-19/h1-6,8-13,16,22H,7,14-15H2,(H,29,32)(H,30,33)/t22-/m0/s1. The van der Waals surface area contributed by atoms with Gasteiger partial charge in [-0.1, -0.05) is 36.4 Å². The average molecular weight is 518 g/mol. The Morgan fingerprint density at radius 2 is 1.58 bits per heavy atom. The molecule has 4 rings (SSSR count). The number of anilines is 2. The molecule has 1 aliphatic rings. The fourth-order valence-electron chi connectivity index (χ4n) is 4.00. The van der Waals surface area contributed by atoms with Crippen molar-refractivity contribution in [2.45, 2.75) is 30.0 Å². The van der Waals surface area contributed by atoms with Gasteiger partial charge in [-0.3, -0.25) is 9.59 Å². The van der Waals surface area contributed by atoms with Crippen LogP contribution < -0.4 is 10.6 Å². The lowest BCUT2D eigenvalue weighted by molar-refractivity contribution is -0.137. The van der Waals surface area contributed by atoms with E-state index in [-0.39, 0.29) is 28.4 Å². The molecule has 0 spiro atoms. The van der Waals surface area contributed by atoms with Crippen LogP contribution in [0.4, 0.5) is 24.5 Å². The van der Waals surface area contributed by atoms with Crippen LogP contribution in [0, 0.1) is 0 Å². The minimum Gasteiger partial charge on any atom is -0.324 e. The highest BCUT2D eigenvalue weighted by molar-refractivity contribution is 7.89. The number of nitrogens with zero attached hydrogens (tertiary/aromatic N) is 1. The predicted octanol–water partition coefficient (Wildman–Crippen LogP) is 4.75. The van der Waals surface area contributed by atoms with Crippen molar-refractivity contribution in [3.05, 3.63) is 90.0 Å². The number of alkyl halides is 3. The van der Waals surface area contributed by atoms with Crippen LogP contribution in [0.3, 0.4) is 0 Å². The highest BCUT2D eigenvalue weighted by Gasteiger charge is 2.39. The maximum Gasteiger partial charge on any atom is 0.416 e. The number of para-hydroxylation sites is 1. The van der Waals surface area contributed by atoms with E-state index in [1.54, 1.807) is 30.3 Å². The van der Waals surface area contributed by atoms with Gasteiger partial charge in [-0.25, -0.2) is 8.42 Å². The molecule has 1 fully saturated rings. The number of rotatable bonds is 6. The van der Waals surface area contributed by atoms with Crippen LogP contribution in [-0.2, 0) is 21.0 Å². The Morgan fingerprint density at radius 3 is 2.31 bits per heavy atom. The number of carbonyl (C=O) groups is 2. The Morgan fingerprint density at radius 1 is 0.889 bits per heavy atom. The van der Waals surface area contributed by atoms with Crippen molar-refractivity contribution in [3.63, 3.8) is 0 Å². The third-order valence-corrected chi connectivity index (χ3v) is 7.66. The van der Waals surface area contributed by atoms with Crippen LogP contribution in [0.5, 0.6) is 0 Å². The molecule has 0 unspecified atom stereocenters. The lowest BCUT2D eigenvalue weighted by atomic mass is 10.1. The van der Waals surface area contributed by atoms with Gasteiger partial charge in [0.25, 0.3) is 5.91 Å². The van der Waals surface area contributed by atoms with Crippen LogP contribution in [0.25, 0.3) is 0 Å². The first kappa shape index (κ1) is 25.4. The average Bonchev–Trinajstić information content (AvgIpc) is 3.36. The molecule has 2 N–H and O–H groups in total. The Bertz CT molecular complexity index is 1380. The number of halogens is 3. The normalized spacial score (nSPS) is 16.5. The van der Waals surface area contributed by atoms with Gasteiger partial charge >= 0.3 is 6.18 Å². The van der Waals surface area contributed by atoms with Crippen LogP contribution in [0.2, 0.25) is 0 Å². The van der Waals surface area contributed by atoms with Crippen molar-refractivity contribution < 1.29 is 31.2 Å². The molecule has 11 heteroatoms. The van der Waals surface area contributed by atoms with Crippen molar-refractivity contribution in [2.75, 3.05) is 17.2 Å². The van der Waals surface area contributed by atoms with Gasteiger partial charge < -0.3 is 10.6 Å². The molecule has 3 aromatic rings. The number of hydrogen-bond donors (Lipinski definition) is 2. The largest absolute Gasteiger partial charge is 0.416 e. The zero-order chi connectivity index (χ0) is 25.9. The van der Waals surface area contributed by atoms with Crippen LogP contribution in [-0.4, -0.2) is 37.1 Å². The quantitative estimate of drug-likeness (QED) is 0.493. The van der Waals surface area contributed by atoms with Crippen molar-refractivity contribution in [1.82, 2.24) is 4.31 Å². The molecule has 0 bridgehead atoms. The van der Waals surface area contributed by atoms with Gasteiger partial charge in [0, 0.05) is 12.2 Å². The summed E-state index contributed by atoms with van der Waals surface area (Å²) in [5, 5.41) is 5.03. The van der Waals surface area contributed by atoms with E-state index in [2.05, 4.69) is 10.6 Å². The second kappa shape index (κ2) is 10.1. The summed E-state index contributed by atoms with van der Waals surface area (Å²) < 4.78 is 66.3. The molecule has 3 aromatic carbocycles. The molecule has 0 saturated carbocycles. The summed E-state index contributed by atoms with van der Waals surface area (Å²) in [6.07, 6.45) is -3.78. The zero-order valence-corrected chi connectivity index (χ0v) is 19.6. The summed E-state index contributed by atoms with van der Waals surface area (Å²) in [5.74, 6) is -1.34. The highest BCUT2D eigenvalue weighted by atomic mass is 32.2. The molecular weight excluding hydrogens is 495 g/mol. The summed E-state index contributed by atoms with van der Waals surface area (Å²) in [7, 11) is -3.91. The van der Waals surface area contributed by atoms with Crippen molar-refractivity contribution in [3.8, 4) is 0 Å². The number of benzene rings is 3. The predicted molar refractivity (Wildman–Crippen MR) is 128 cm³/mol. The summed E-state index contributed by atoms with van der Waals surface area (Å²) in [6.45, 7) is 0.174. The van der Waals surface area contributed by atoms with E-state index >= 15 is 0 Å². The van der Waals surface area contributed by atoms with E-state index in [0.29, 0.717) is 12.8 Å². The Kier molecular flexibility index (Phi) is 7.14. The third-order valence-electron chi connectivity index (χ3n) is 5.73. The fraction of sp³-hybridized carbons (Fsp3) is 0.200. The molecule has 0 aromatic heterocycles. The number of hydrogen-bond acceptors (Lipinski definition) is 4. The Hall–Kier alpha value is -3.70. The molecule has 36 heavy (non-hydrogen) atoms. The highest BCUT2D eigenvalue weighted by Crippen LogP contribution is 2.31. The number of carbonyl (C=O) groups excluding carboxylic acids is 2. The molecule has 1 heterocycles. The first-order valence-corrected chi connectivity index (χ1v) is 12.5. The van der Waals surface area contributed by atoms with Gasteiger partial charge in [0.05, 0.1) is 21.7 Å². The fourth-order valence-corrected chi connectivity index (χ4v) is 5.67. The molecule has 2 amide bonds.